The van der Waals surface area contributed by atoms with Gasteiger partial charge in [0.05, 0.1) is 0 Å². The van der Waals surface area contributed by atoms with E-state index in [1.807, 2.05) is 0 Å². The lowest BCUT2D eigenvalue weighted by Crippen LogP contribution is -2.37. The van der Waals surface area contributed by atoms with E-state index in [1.54, 1.807) is 11.1 Å². The quantitative estimate of drug-likeness (QED) is 0.859. The van der Waals surface area contributed by atoms with Gasteiger partial charge >= 0.3 is 0 Å². The van der Waals surface area contributed by atoms with Crippen LogP contribution in [0.2, 0.25) is 0 Å². The molecule has 1 aromatic carbocycles. The summed E-state index contributed by atoms with van der Waals surface area (Å²) in [4.78, 5) is 2.67. The van der Waals surface area contributed by atoms with Crippen LogP contribution < -0.4 is 5.32 Å². The van der Waals surface area contributed by atoms with Gasteiger partial charge in [0.2, 0.25) is 0 Å². The molecule has 0 aliphatic carbocycles. The van der Waals surface area contributed by atoms with Crippen molar-refractivity contribution in [3.05, 3.63) is 35.4 Å². The summed E-state index contributed by atoms with van der Waals surface area (Å²) in [6, 6.07) is 8.97. The summed E-state index contributed by atoms with van der Waals surface area (Å²) in [6.45, 7) is 8.46. The molecule has 0 spiro atoms. The lowest BCUT2D eigenvalue weighted by Gasteiger charge is -2.31. The zero-order chi connectivity index (χ0) is 12.4. The first kappa shape index (κ1) is 12.2. The summed E-state index contributed by atoms with van der Waals surface area (Å²) >= 11 is 0. The molecule has 1 N–H and O–H groups in total. The number of benzene rings is 1. The van der Waals surface area contributed by atoms with Gasteiger partial charge in [-0.15, -0.1) is 0 Å². The Kier molecular flexibility index (Phi) is 3.40. The highest BCUT2D eigenvalue weighted by Gasteiger charge is 2.31. The summed E-state index contributed by atoms with van der Waals surface area (Å²) in [5, 5.41) is 3.51. The molecule has 1 saturated heterocycles. The van der Waals surface area contributed by atoms with Gasteiger partial charge in [0.25, 0.3) is 0 Å². The van der Waals surface area contributed by atoms with Gasteiger partial charge in [0.1, 0.15) is 0 Å². The molecule has 1 aromatic rings. The summed E-state index contributed by atoms with van der Waals surface area (Å²) in [5.74, 6) is 0. The van der Waals surface area contributed by atoms with E-state index in [9.17, 15) is 0 Å². The van der Waals surface area contributed by atoms with Crippen molar-refractivity contribution in [2.24, 2.45) is 5.41 Å². The Bertz CT molecular complexity index is 407. The van der Waals surface area contributed by atoms with Gasteiger partial charge in [-0.2, -0.15) is 0 Å². The van der Waals surface area contributed by atoms with Crippen molar-refractivity contribution in [1.29, 1.82) is 0 Å². The van der Waals surface area contributed by atoms with E-state index in [-0.39, 0.29) is 0 Å². The Morgan fingerprint density at radius 3 is 2.89 bits per heavy atom. The van der Waals surface area contributed by atoms with Crippen molar-refractivity contribution in [1.82, 2.24) is 10.2 Å². The topological polar surface area (TPSA) is 15.3 Å². The maximum Gasteiger partial charge on any atom is 0.0236 e. The molecule has 0 aromatic heterocycles. The molecule has 1 unspecified atom stereocenters. The number of hydrogen-bond donors (Lipinski definition) is 1. The van der Waals surface area contributed by atoms with Gasteiger partial charge in [-0.1, -0.05) is 31.2 Å². The van der Waals surface area contributed by atoms with Crippen molar-refractivity contribution in [3.63, 3.8) is 0 Å². The molecule has 0 saturated carbocycles. The Balaban J connectivity index is 1.71. The molecule has 2 aliphatic rings. The minimum Gasteiger partial charge on any atom is -0.316 e. The summed E-state index contributed by atoms with van der Waals surface area (Å²) in [6.07, 6.45) is 3.88. The van der Waals surface area contributed by atoms with E-state index in [1.165, 1.54) is 45.4 Å². The molecular weight excluding hydrogens is 220 g/mol. The molecule has 2 heteroatoms. The largest absolute Gasteiger partial charge is 0.316 e. The molecule has 18 heavy (non-hydrogen) atoms. The first-order chi connectivity index (χ1) is 8.75. The maximum atomic E-state index is 3.51. The van der Waals surface area contributed by atoms with Crippen molar-refractivity contribution in [2.45, 2.75) is 32.7 Å². The minimum atomic E-state index is 0.485. The Labute approximate surface area is 110 Å². The predicted octanol–water partition coefficient (Wildman–Crippen LogP) is 2.43. The van der Waals surface area contributed by atoms with Crippen LogP contribution in [0.1, 0.15) is 30.9 Å². The molecule has 98 valence electrons. The van der Waals surface area contributed by atoms with E-state index < -0.39 is 0 Å². The van der Waals surface area contributed by atoms with Crippen LogP contribution in [-0.2, 0) is 13.0 Å². The van der Waals surface area contributed by atoms with E-state index in [0.29, 0.717) is 5.41 Å². The minimum absolute atomic E-state index is 0.485. The fourth-order valence-electron chi connectivity index (χ4n) is 3.45. The Hall–Kier alpha value is -0.860. The van der Waals surface area contributed by atoms with Crippen molar-refractivity contribution in [3.8, 4) is 0 Å². The van der Waals surface area contributed by atoms with E-state index >= 15 is 0 Å². The van der Waals surface area contributed by atoms with Crippen molar-refractivity contribution >= 4 is 0 Å². The molecule has 0 bridgehead atoms. The van der Waals surface area contributed by atoms with Crippen LogP contribution >= 0.6 is 0 Å². The Morgan fingerprint density at radius 2 is 2.11 bits per heavy atom. The molecule has 0 amide bonds. The molecule has 1 fully saturated rings. The normalized spacial score (nSPS) is 28.9. The van der Waals surface area contributed by atoms with Crippen molar-refractivity contribution in [2.75, 3.05) is 26.2 Å². The fraction of sp³-hybridized carbons (Fsp3) is 0.625. The molecule has 3 rings (SSSR count). The number of aryl methyl sites for hydroxylation is 1. The van der Waals surface area contributed by atoms with Crippen LogP contribution in [0.4, 0.5) is 0 Å². The number of nitrogens with zero attached hydrogens (tertiary/aromatic N) is 1. The first-order valence-corrected chi connectivity index (χ1v) is 7.25. The summed E-state index contributed by atoms with van der Waals surface area (Å²) in [7, 11) is 0. The predicted molar refractivity (Wildman–Crippen MR) is 75.6 cm³/mol. The summed E-state index contributed by atoms with van der Waals surface area (Å²) < 4.78 is 0. The molecule has 2 heterocycles. The number of rotatable bonds is 2. The SMILES string of the molecule is CC1(CN2CCCc3ccccc3C2)CCNC1. The van der Waals surface area contributed by atoms with Gasteiger partial charge in [0.15, 0.2) is 0 Å². The average molecular weight is 244 g/mol. The number of fused-ring (bicyclic) bond motifs is 1. The smallest absolute Gasteiger partial charge is 0.0236 e. The second-order valence-electron chi connectivity index (χ2n) is 6.32. The van der Waals surface area contributed by atoms with Crippen LogP contribution in [0.3, 0.4) is 0 Å². The van der Waals surface area contributed by atoms with Crippen molar-refractivity contribution < 1.29 is 0 Å². The lowest BCUT2D eigenvalue weighted by molar-refractivity contribution is 0.173. The third kappa shape index (κ3) is 2.60. The van der Waals surface area contributed by atoms with Crippen LogP contribution in [0, 0.1) is 5.41 Å². The van der Waals surface area contributed by atoms with E-state index in [4.69, 9.17) is 0 Å². The van der Waals surface area contributed by atoms with Gasteiger partial charge in [0, 0.05) is 19.6 Å². The second kappa shape index (κ2) is 5.02. The van der Waals surface area contributed by atoms with Gasteiger partial charge in [-0.3, -0.25) is 4.90 Å². The van der Waals surface area contributed by atoms with Crippen LogP contribution in [0.15, 0.2) is 24.3 Å². The van der Waals surface area contributed by atoms with Gasteiger partial charge in [-0.05, 0) is 48.9 Å². The molecule has 1 atom stereocenters. The molecular formula is C16H24N2. The van der Waals surface area contributed by atoms with Crippen LogP contribution in [0.5, 0.6) is 0 Å². The summed E-state index contributed by atoms with van der Waals surface area (Å²) in [5.41, 5.74) is 3.60. The zero-order valence-corrected chi connectivity index (χ0v) is 11.4. The highest BCUT2D eigenvalue weighted by molar-refractivity contribution is 5.28. The van der Waals surface area contributed by atoms with Gasteiger partial charge in [-0.25, -0.2) is 0 Å². The fourth-order valence-corrected chi connectivity index (χ4v) is 3.45. The van der Waals surface area contributed by atoms with Crippen LogP contribution in [0.25, 0.3) is 0 Å². The van der Waals surface area contributed by atoms with Gasteiger partial charge < -0.3 is 5.32 Å². The molecule has 2 aliphatic heterocycles. The number of hydrogen-bond acceptors (Lipinski definition) is 2. The highest BCUT2D eigenvalue weighted by Crippen LogP contribution is 2.28. The van der Waals surface area contributed by atoms with E-state index in [0.717, 1.165) is 6.54 Å². The third-order valence-corrected chi connectivity index (χ3v) is 4.50. The maximum absolute atomic E-state index is 3.51. The van der Waals surface area contributed by atoms with Crippen LogP contribution in [-0.4, -0.2) is 31.1 Å². The second-order valence-corrected chi connectivity index (χ2v) is 6.32. The Morgan fingerprint density at radius 1 is 1.28 bits per heavy atom. The monoisotopic (exact) mass is 244 g/mol. The third-order valence-electron chi connectivity index (χ3n) is 4.50. The highest BCUT2D eigenvalue weighted by atomic mass is 15.1. The average Bonchev–Trinajstić information content (AvgIpc) is 2.68. The standard InChI is InChI=1S/C16H24N2/c1-16(8-9-17-12-16)13-18-10-4-7-14-5-2-3-6-15(14)11-18/h2-3,5-6,17H,4,7-13H2,1H3. The first-order valence-electron chi connectivity index (χ1n) is 7.25. The van der Waals surface area contributed by atoms with E-state index in [2.05, 4.69) is 41.4 Å². The molecule has 2 nitrogen and oxygen atoms in total. The molecule has 0 radical (unpaired) electrons. The lowest BCUT2D eigenvalue weighted by atomic mass is 9.89. The zero-order valence-electron chi connectivity index (χ0n) is 11.4. The number of nitrogens with one attached hydrogen (secondary N) is 1.